The molecule has 2 rings (SSSR count). The molecule has 0 atom stereocenters. The lowest BCUT2D eigenvalue weighted by Crippen LogP contribution is -2.19. The summed E-state index contributed by atoms with van der Waals surface area (Å²) in [5, 5.41) is 6.58. The third-order valence-electron chi connectivity index (χ3n) is 2.88. The van der Waals surface area contributed by atoms with Gasteiger partial charge in [0.25, 0.3) is 0 Å². The summed E-state index contributed by atoms with van der Waals surface area (Å²) in [6, 6.07) is 8.18. The van der Waals surface area contributed by atoms with Crippen LogP contribution >= 0.6 is 11.3 Å². The Labute approximate surface area is 125 Å². The van der Waals surface area contributed by atoms with Crippen LogP contribution in [0.2, 0.25) is 0 Å². The van der Waals surface area contributed by atoms with Crippen LogP contribution in [0.3, 0.4) is 0 Å². The van der Waals surface area contributed by atoms with Gasteiger partial charge in [-0.05, 0) is 25.5 Å². The number of thiazole rings is 1. The number of rotatable bonds is 7. The number of aryl methyl sites for hydroxylation is 1. The number of ether oxygens (including phenoxy) is 1. The summed E-state index contributed by atoms with van der Waals surface area (Å²) in [5.74, 6) is 1.59. The quantitative estimate of drug-likeness (QED) is 0.842. The largest absolute Gasteiger partial charge is 0.487 e. The molecule has 108 valence electrons. The number of hydrogen-bond donors (Lipinski definition) is 1. The van der Waals surface area contributed by atoms with Crippen molar-refractivity contribution in [3.05, 3.63) is 45.9 Å². The maximum atomic E-state index is 5.90. The molecule has 0 saturated carbocycles. The fourth-order valence-electron chi connectivity index (χ4n) is 1.91. The van der Waals surface area contributed by atoms with Gasteiger partial charge in [0, 0.05) is 17.5 Å². The van der Waals surface area contributed by atoms with E-state index >= 15 is 0 Å². The molecular formula is C16H22N2OS. The van der Waals surface area contributed by atoms with Crippen LogP contribution in [0.25, 0.3) is 0 Å². The Morgan fingerprint density at radius 1 is 1.30 bits per heavy atom. The molecule has 0 unspecified atom stereocenters. The van der Waals surface area contributed by atoms with Crippen molar-refractivity contribution in [2.45, 2.75) is 33.9 Å². The minimum atomic E-state index is 0.533. The molecule has 0 aliphatic carbocycles. The Hall–Kier alpha value is -1.39. The van der Waals surface area contributed by atoms with Crippen LogP contribution in [-0.4, -0.2) is 11.5 Å². The molecule has 0 bridgehead atoms. The number of para-hydroxylation sites is 1. The highest BCUT2D eigenvalue weighted by atomic mass is 32.1. The first-order chi connectivity index (χ1) is 9.65. The molecule has 0 amide bonds. The summed E-state index contributed by atoms with van der Waals surface area (Å²) in [5.41, 5.74) is 2.19. The predicted octanol–water partition coefficient (Wildman–Crippen LogP) is 3.78. The molecule has 3 nitrogen and oxygen atoms in total. The topological polar surface area (TPSA) is 34.1 Å². The van der Waals surface area contributed by atoms with Gasteiger partial charge >= 0.3 is 0 Å². The first-order valence-electron chi connectivity index (χ1n) is 6.97. The molecule has 0 fully saturated rings. The van der Waals surface area contributed by atoms with Gasteiger partial charge < -0.3 is 10.1 Å². The van der Waals surface area contributed by atoms with Gasteiger partial charge in [0.1, 0.15) is 12.4 Å². The van der Waals surface area contributed by atoms with Crippen molar-refractivity contribution in [1.82, 2.24) is 10.3 Å². The van der Waals surface area contributed by atoms with Crippen molar-refractivity contribution in [3.63, 3.8) is 0 Å². The number of aromatic nitrogens is 1. The zero-order valence-electron chi connectivity index (χ0n) is 12.3. The minimum Gasteiger partial charge on any atom is -0.487 e. The fourth-order valence-corrected chi connectivity index (χ4v) is 2.51. The molecule has 1 heterocycles. The van der Waals surface area contributed by atoms with Crippen LogP contribution in [0.1, 0.15) is 30.1 Å². The van der Waals surface area contributed by atoms with Gasteiger partial charge in [-0.2, -0.15) is 0 Å². The Bertz CT molecular complexity index is 537. The van der Waals surface area contributed by atoms with Crippen molar-refractivity contribution in [1.29, 1.82) is 0 Å². The number of benzene rings is 1. The Kier molecular flexibility index (Phi) is 5.56. The normalized spacial score (nSPS) is 11.0. The van der Waals surface area contributed by atoms with Gasteiger partial charge in [-0.3, -0.25) is 0 Å². The average molecular weight is 290 g/mol. The average Bonchev–Trinajstić information content (AvgIpc) is 2.83. The summed E-state index contributed by atoms with van der Waals surface area (Å²) in [6.45, 7) is 8.81. The van der Waals surface area contributed by atoms with Gasteiger partial charge in [-0.1, -0.05) is 32.0 Å². The molecule has 1 aromatic carbocycles. The molecule has 0 spiro atoms. The molecular weight excluding hydrogens is 268 g/mol. The standard InChI is InChI=1S/C16H22N2OS/c1-12(2)8-17-9-14-6-4-5-7-16(14)19-10-15-11-20-13(3)18-15/h4-7,11-12,17H,8-10H2,1-3H3. The first kappa shape index (κ1) is 15.0. The Balaban J connectivity index is 1.93. The molecule has 0 aliphatic heterocycles. The zero-order chi connectivity index (χ0) is 14.4. The lowest BCUT2D eigenvalue weighted by molar-refractivity contribution is 0.298. The van der Waals surface area contributed by atoms with E-state index in [4.69, 9.17) is 4.74 Å². The smallest absolute Gasteiger partial charge is 0.131 e. The van der Waals surface area contributed by atoms with E-state index in [2.05, 4.69) is 35.6 Å². The summed E-state index contributed by atoms with van der Waals surface area (Å²) >= 11 is 1.66. The third-order valence-corrected chi connectivity index (χ3v) is 3.71. The van der Waals surface area contributed by atoms with Crippen LogP contribution in [-0.2, 0) is 13.2 Å². The summed E-state index contributed by atoms with van der Waals surface area (Å²) in [7, 11) is 0. The van der Waals surface area contributed by atoms with Gasteiger partial charge in [-0.15, -0.1) is 11.3 Å². The molecule has 0 aliphatic rings. The zero-order valence-corrected chi connectivity index (χ0v) is 13.2. The number of nitrogens with zero attached hydrogens (tertiary/aromatic N) is 1. The first-order valence-corrected chi connectivity index (χ1v) is 7.85. The molecule has 1 N–H and O–H groups in total. The van der Waals surface area contributed by atoms with E-state index in [0.717, 1.165) is 29.5 Å². The molecule has 2 aromatic rings. The summed E-state index contributed by atoms with van der Waals surface area (Å²) < 4.78 is 5.90. The second-order valence-corrected chi connectivity index (χ2v) is 6.34. The summed E-state index contributed by atoms with van der Waals surface area (Å²) in [6.07, 6.45) is 0. The van der Waals surface area contributed by atoms with Gasteiger partial charge in [0.05, 0.1) is 10.7 Å². The molecule has 0 saturated heterocycles. The van der Waals surface area contributed by atoms with Crippen LogP contribution in [0, 0.1) is 12.8 Å². The molecule has 0 radical (unpaired) electrons. The van der Waals surface area contributed by atoms with Crippen molar-refractivity contribution < 1.29 is 4.74 Å². The van der Waals surface area contributed by atoms with E-state index in [9.17, 15) is 0 Å². The van der Waals surface area contributed by atoms with E-state index in [1.807, 2.05) is 25.1 Å². The lowest BCUT2D eigenvalue weighted by Gasteiger charge is -2.12. The Morgan fingerprint density at radius 2 is 2.10 bits per heavy atom. The van der Waals surface area contributed by atoms with Crippen LogP contribution in [0.4, 0.5) is 0 Å². The van der Waals surface area contributed by atoms with Gasteiger partial charge in [0.2, 0.25) is 0 Å². The molecule has 4 heteroatoms. The van der Waals surface area contributed by atoms with Crippen LogP contribution in [0.5, 0.6) is 5.75 Å². The van der Waals surface area contributed by atoms with Crippen LogP contribution in [0.15, 0.2) is 29.6 Å². The highest BCUT2D eigenvalue weighted by molar-refractivity contribution is 7.09. The van der Waals surface area contributed by atoms with Gasteiger partial charge in [0.15, 0.2) is 0 Å². The highest BCUT2D eigenvalue weighted by Gasteiger charge is 2.05. The number of nitrogens with one attached hydrogen (secondary N) is 1. The number of hydrogen-bond acceptors (Lipinski definition) is 4. The van der Waals surface area contributed by atoms with Gasteiger partial charge in [-0.25, -0.2) is 4.98 Å². The monoisotopic (exact) mass is 290 g/mol. The molecule has 1 aromatic heterocycles. The maximum absolute atomic E-state index is 5.90. The lowest BCUT2D eigenvalue weighted by atomic mass is 10.2. The minimum absolute atomic E-state index is 0.533. The fraction of sp³-hybridized carbons (Fsp3) is 0.438. The van der Waals surface area contributed by atoms with E-state index < -0.39 is 0 Å². The maximum Gasteiger partial charge on any atom is 0.131 e. The highest BCUT2D eigenvalue weighted by Crippen LogP contribution is 2.19. The van der Waals surface area contributed by atoms with Crippen molar-refractivity contribution in [2.75, 3.05) is 6.54 Å². The predicted molar refractivity (Wildman–Crippen MR) is 84.2 cm³/mol. The van der Waals surface area contributed by atoms with Crippen molar-refractivity contribution >= 4 is 11.3 Å². The van der Waals surface area contributed by atoms with E-state index in [1.165, 1.54) is 5.56 Å². The summed E-state index contributed by atoms with van der Waals surface area (Å²) in [4.78, 5) is 4.42. The molecule has 20 heavy (non-hydrogen) atoms. The van der Waals surface area contributed by atoms with Crippen molar-refractivity contribution in [2.24, 2.45) is 5.92 Å². The van der Waals surface area contributed by atoms with E-state index in [-0.39, 0.29) is 0 Å². The SMILES string of the molecule is Cc1nc(COc2ccccc2CNCC(C)C)cs1. The second-order valence-electron chi connectivity index (χ2n) is 5.28. The van der Waals surface area contributed by atoms with Crippen molar-refractivity contribution in [3.8, 4) is 5.75 Å². The second kappa shape index (κ2) is 7.41. The Morgan fingerprint density at radius 3 is 2.80 bits per heavy atom. The van der Waals surface area contributed by atoms with E-state index in [1.54, 1.807) is 11.3 Å². The third kappa shape index (κ3) is 4.62. The van der Waals surface area contributed by atoms with Crippen LogP contribution < -0.4 is 10.1 Å². The van der Waals surface area contributed by atoms with E-state index in [0.29, 0.717) is 12.5 Å².